The zero-order valence-corrected chi connectivity index (χ0v) is 25.2. The monoisotopic (exact) mass is 641 g/mol. The summed E-state index contributed by atoms with van der Waals surface area (Å²) in [4.78, 5) is 39.2. The zero-order chi connectivity index (χ0) is 29.1. The molecule has 0 saturated carbocycles. The van der Waals surface area contributed by atoms with E-state index in [2.05, 4.69) is 21.0 Å². The van der Waals surface area contributed by atoms with Gasteiger partial charge in [0.05, 0.1) is 25.4 Å². The second kappa shape index (κ2) is 15.7. The van der Waals surface area contributed by atoms with Gasteiger partial charge < -0.3 is 19.1 Å². The summed E-state index contributed by atoms with van der Waals surface area (Å²) >= 11 is 3.21. The number of halogens is 1. The van der Waals surface area contributed by atoms with Crippen molar-refractivity contribution in [3.63, 3.8) is 0 Å². The van der Waals surface area contributed by atoms with Crippen molar-refractivity contribution in [1.29, 1.82) is 0 Å². The van der Waals surface area contributed by atoms with E-state index in [4.69, 9.17) is 18.5 Å². The third-order valence-corrected chi connectivity index (χ3v) is 8.63. The summed E-state index contributed by atoms with van der Waals surface area (Å²) in [6.07, 6.45) is 3.26. The summed E-state index contributed by atoms with van der Waals surface area (Å²) in [5.74, 6) is -0.844. The number of rotatable bonds is 11. The predicted octanol–water partition coefficient (Wildman–Crippen LogP) is 4.80. The van der Waals surface area contributed by atoms with E-state index in [1.165, 1.54) is 6.92 Å². The van der Waals surface area contributed by atoms with E-state index in [0.29, 0.717) is 24.8 Å². The van der Waals surface area contributed by atoms with Crippen LogP contribution in [-0.2, 0) is 32.9 Å². The van der Waals surface area contributed by atoms with Gasteiger partial charge >= 0.3 is 13.7 Å². The number of ketones is 2. The number of aliphatic hydroxyl groups is 1. The van der Waals surface area contributed by atoms with Crippen molar-refractivity contribution in [1.82, 2.24) is 5.09 Å². The quantitative estimate of drug-likeness (QED) is 0.256. The summed E-state index contributed by atoms with van der Waals surface area (Å²) < 4.78 is 36.0. The van der Waals surface area contributed by atoms with E-state index < -0.39 is 44.0 Å². The Balaban J connectivity index is 1.69. The number of carbonyl (C=O) groups is 3. The maximum atomic E-state index is 13.7. The number of carbonyl (C=O) groups excluding carboxylic acids is 3. The van der Waals surface area contributed by atoms with E-state index in [-0.39, 0.29) is 49.8 Å². The average Bonchev–Trinajstić information content (AvgIpc) is 3.29. The van der Waals surface area contributed by atoms with Gasteiger partial charge in [-0.3, -0.25) is 18.9 Å². The van der Waals surface area contributed by atoms with Crippen molar-refractivity contribution in [3.05, 3.63) is 53.0 Å². The first kappa shape index (κ1) is 32.4. The molecule has 3 rings (SSSR count). The smallest absolute Gasteiger partial charge is 0.459 e. The first-order chi connectivity index (χ1) is 19.2. The molecule has 2 N–H and O–H groups in total. The molecule has 1 aliphatic heterocycles. The van der Waals surface area contributed by atoms with Gasteiger partial charge in [0.1, 0.15) is 23.7 Å². The lowest BCUT2D eigenvalue weighted by molar-refractivity contribution is -0.144. The van der Waals surface area contributed by atoms with Gasteiger partial charge in [-0.25, -0.2) is 4.57 Å². The fourth-order valence-electron chi connectivity index (χ4n) is 4.68. The Morgan fingerprint density at radius 3 is 2.73 bits per heavy atom. The number of hydrogen-bond acceptors (Lipinski definition) is 9. The van der Waals surface area contributed by atoms with Crippen molar-refractivity contribution < 1.29 is 42.6 Å². The highest BCUT2D eigenvalue weighted by Gasteiger charge is 2.42. The van der Waals surface area contributed by atoms with E-state index in [9.17, 15) is 24.1 Å². The number of esters is 1. The molecule has 1 saturated heterocycles. The van der Waals surface area contributed by atoms with Gasteiger partial charge in [0.25, 0.3) is 0 Å². The molecule has 0 spiro atoms. The molecule has 1 aliphatic carbocycles. The standard InChI is InChI=1S/C28H37BrNO9P/c1-3-36-28(34)19(2)30-40(35,39-21-10-5-4-6-11-21)37-18-27-25(33)17-26(38-27)22-12-7-9-20(15-16-29)23(31)13-8-14-24(22)32/h4-6,9-11,15-16,19,22,25-27,33H,3,7-8,12-14,17-18H2,1-2H3,(H,30,35)/b16-15+,20-9-/t19-,22?,25?,26+,27+,40?/m0/s1. The molecule has 6 atom stereocenters. The molecular weight excluding hydrogens is 605 g/mol. The SMILES string of the molecule is CCOC(=O)[C@H](C)NP(=O)(OC[C@H]1O[C@@H](C2CC/C=C(/C=C/Br)C(=O)CCCC2=O)CC1O)Oc1ccccc1. The molecule has 0 amide bonds. The summed E-state index contributed by atoms with van der Waals surface area (Å²) in [6.45, 7) is 2.99. The van der Waals surface area contributed by atoms with Crippen molar-refractivity contribution in [2.45, 2.75) is 76.7 Å². The van der Waals surface area contributed by atoms with E-state index in [0.717, 1.165) is 0 Å². The Bertz CT molecular complexity index is 1130. The predicted molar refractivity (Wildman–Crippen MR) is 152 cm³/mol. The average molecular weight is 642 g/mol. The highest BCUT2D eigenvalue weighted by molar-refractivity contribution is 9.11. The summed E-state index contributed by atoms with van der Waals surface area (Å²) in [7, 11) is -4.12. The van der Waals surface area contributed by atoms with Gasteiger partial charge in [-0.15, -0.1) is 0 Å². The molecule has 2 aliphatic rings. The Morgan fingerprint density at radius 2 is 2.02 bits per heavy atom. The molecule has 12 heteroatoms. The Kier molecular flexibility index (Phi) is 12.7. The van der Waals surface area contributed by atoms with Gasteiger partial charge in [-0.2, -0.15) is 5.09 Å². The van der Waals surface area contributed by atoms with Gasteiger partial charge in [0.2, 0.25) is 0 Å². The Hall–Kier alpha value is -2.14. The zero-order valence-electron chi connectivity index (χ0n) is 22.7. The minimum absolute atomic E-state index is 0.000243. The maximum Gasteiger partial charge on any atom is 0.459 e. The Morgan fingerprint density at radius 1 is 1.27 bits per heavy atom. The number of allylic oxidation sites excluding steroid dienone is 3. The van der Waals surface area contributed by atoms with Crippen LogP contribution in [0.1, 0.15) is 52.4 Å². The third kappa shape index (κ3) is 9.46. The summed E-state index contributed by atoms with van der Waals surface area (Å²) in [6, 6.07) is 7.35. The minimum atomic E-state index is -4.12. The molecule has 3 unspecified atom stereocenters. The molecule has 10 nitrogen and oxygen atoms in total. The van der Waals surface area contributed by atoms with Crippen LogP contribution >= 0.6 is 23.7 Å². The lowest BCUT2D eigenvalue weighted by atomic mass is 9.86. The number of Topliss-reactive ketones (excluding diaryl/α,β-unsaturated/α-hetero) is 2. The van der Waals surface area contributed by atoms with E-state index in [1.54, 1.807) is 48.3 Å². The number of hydrogen-bond donors (Lipinski definition) is 2. The summed E-state index contributed by atoms with van der Waals surface area (Å²) in [5.41, 5.74) is 0.599. The van der Waals surface area contributed by atoms with Crippen molar-refractivity contribution in [2.24, 2.45) is 5.92 Å². The van der Waals surface area contributed by atoms with Crippen LogP contribution in [0.25, 0.3) is 0 Å². The van der Waals surface area contributed by atoms with Crippen LogP contribution in [0.5, 0.6) is 5.75 Å². The molecule has 220 valence electrons. The second-order valence-electron chi connectivity index (χ2n) is 9.70. The van der Waals surface area contributed by atoms with Crippen LogP contribution in [-0.4, -0.2) is 60.2 Å². The molecule has 1 aromatic carbocycles. The molecule has 1 fully saturated rings. The largest absolute Gasteiger partial charge is 0.465 e. The van der Waals surface area contributed by atoms with Crippen molar-refractivity contribution >= 4 is 41.2 Å². The van der Waals surface area contributed by atoms with Crippen LogP contribution in [0.2, 0.25) is 0 Å². The van der Waals surface area contributed by atoms with Crippen LogP contribution in [0.4, 0.5) is 0 Å². The van der Waals surface area contributed by atoms with Crippen molar-refractivity contribution in [3.8, 4) is 5.75 Å². The lowest BCUT2D eigenvalue weighted by Gasteiger charge is -2.25. The maximum absolute atomic E-state index is 13.7. The number of benzene rings is 1. The lowest BCUT2D eigenvalue weighted by Crippen LogP contribution is -2.36. The summed E-state index contributed by atoms with van der Waals surface area (Å²) in [5, 5.41) is 13.4. The van der Waals surface area contributed by atoms with Crippen LogP contribution < -0.4 is 9.61 Å². The third-order valence-electron chi connectivity index (χ3n) is 6.72. The van der Waals surface area contributed by atoms with Crippen LogP contribution in [0.15, 0.2) is 53.0 Å². The Labute approximate surface area is 243 Å². The molecule has 1 aromatic rings. The highest BCUT2D eigenvalue weighted by atomic mass is 79.9. The number of ether oxygens (including phenoxy) is 2. The van der Waals surface area contributed by atoms with E-state index in [1.807, 2.05) is 6.08 Å². The fraction of sp³-hybridized carbons (Fsp3) is 0.536. The van der Waals surface area contributed by atoms with Gasteiger partial charge in [-0.05, 0) is 56.3 Å². The van der Waals surface area contributed by atoms with Crippen LogP contribution in [0.3, 0.4) is 0 Å². The van der Waals surface area contributed by atoms with Gasteiger partial charge in [-0.1, -0.05) is 40.2 Å². The molecule has 0 aromatic heterocycles. The number of nitrogens with one attached hydrogen (secondary N) is 1. The minimum Gasteiger partial charge on any atom is -0.465 e. The van der Waals surface area contributed by atoms with E-state index >= 15 is 0 Å². The molecule has 40 heavy (non-hydrogen) atoms. The number of para-hydroxylation sites is 1. The topological polar surface area (TPSA) is 137 Å². The molecule has 0 radical (unpaired) electrons. The first-order valence-electron chi connectivity index (χ1n) is 13.5. The normalized spacial score (nSPS) is 27.9. The molecular formula is C28H37BrNO9P. The van der Waals surface area contributed by atoms with Crippen molar-refractivity contribution in [2.75, 3.05) is 13.2 Å². The fourth-order valence-corrected chi connectivity index (χ4v) is 6.46. The first-order valence-corrected chi connectivity index (χ1v) is 15.9. The van der Waals surface area contributed by atoms with Gasteiger partial charge in [0, 0.05) is 30.8 Å². The molecule has 0 bridgehead atoms. The highest BCUT2D eigenvalue weighted by Crippen LogP contribution is 2.46. The van der Waals surface area contributed by atoms with Gasteiger partial charge in [0.15, 0.2) is 5.78 Å². The second-order valence-corrected chi connectivity index (χ2v) is 11.9. The van der Waals surface area contributed by atoms with Crippen LogP contribution in [0, 0.1) is 5.92 Å². The number of aliphatic hydroxyl groups excluding tert-OH is 1. The molecule has 1 heterocycles.